The van der Waals surface area contributed by atoms with Crippen molar-refractivity contribution in [3.8, 4) is 0 Å². The van der Waals surface area contributed by atoms with Crippen molar-refractivity contribution >= 4 is 58.1 Å². The second-order valence-electron chi connectivity index (χ2n) is 16.1. The quantitative estimate of drug-likeness (QED) is 0.0621. The summed E-state index contributed by atoms with van der Waals surface area (Å²) < 4.78 is 59.1. The van der Waals surface area contributed by atoms with Crippen LogP contribution in [0, 0.1) is 29.2 Å². The zero-order chi connectivity index (χ0) is 44.7. The first kappa shape index (κ1) is 43.7. The first-order valence-corrected chi connectivity index (χ1v) is 21.1. The molecule has 4 aromatic carbocycles. The minimum Gasteiger partial charge on any atom is -0.364 e. The van der Waals surface area contributed by atoms with Crippen molar-refractivity contribution in [3.63, 3.8) is 0 Å². The van der Waals surface area contributed by atoms with Crippen LogP contribution in [0.15, 0.2) is 91.1 Å². The predicted molar refractivity (Wildman–Crippen MR) is 232 cm³/mol. The average Bonchev–Trinajstić information content (AvgIpc) is 3.28. The third-order valence-electron chi connectivity index (χ3n) is 11.8. The molecular weight excluding hydrogens is 833 g/mol. The summed E-state index contributed by atoms with van der Waals surface area (Å²) in [6.07, 6.45) is 4.17. The second kappa shape index (κ2) is 19.6. The molecule has 8 rings (SSSR count). The molecule has 3 aliphatic heterocycles. The van der Waals surface area contributed by atoms with Crippen LogP contribution in [0.1, 0.15) is 64.3 Å². The predicted octanol–water partition coefficient (Wildman–Crippen LogP) is 6.86. The normalized spacial score (nSPS) is 17.4. The molecule has 3 saturated heterocycles. The van der Waals surface area contributed by atoms with Gasteiger partial charge in [0.2, 0.25) is 17.8 Å². The van der Waals surface area contributed by atoms with Gasteiger partial charge in [0.1, 0.15) is 23.1 Å². The van der Waals surface area contributed by atoms with E-state index < -0.39 is 41.0 Å². The summed E-state index contributed by atoms with van der Waals surface area (Å²) >= 11 is 0. The molecule has 1 aromatic heterocycles. The molecule has 14 nitrogen and oxygen atoms in total. The maximum absolute atomic E-state index is 15.2. The van der Waals surface area contributed by atoms with Crippen LogP contribution >= 0.6 is 0 Å². The highest BCUT2D eigenvalue weighted by atomic mass is 19.1. The summed E-state index contributed by atoms with van der Waals surface area (Å²) in [6.45, 7) is 4.52. The Morgan fingerprint density at radius 1 is 0.719 bits per heavy atom. The lowest BCUT2D eigenvalue weighted by atomic mass is 9.90. The molecular formula is C46H46F4N10O4. The molecule has 0 radical (unpaired) electrons. The van der Waals surface area contributed by atoms with E-state index in [2.05, 4.69) is 41.6 Å². The molecule has 64 heavy (non-hydrogen) atoms. The Hall–Kier alpha value is -6.92. The van der Waals surface area contributed by atoms with E-state index in [1.54, 1.807) is 59.5 Å². The largest absolute Gasteiger partial charge is 0.364 e. The van der Waals surface area contributed by atoms with Crippen LogP contribution < -0.4 is 31.6 Å². The van der Waals surface area contributed by atoms with Gasteiger partial charge in [0.15, 0.2) is 11.6 Å². The summed E-state index contributed by atoms with van der Waals surface area (Å²) in [5.41, 5.74) is 4.98. The number of halogens is 4. The zero-order valence-corrected chi connectivity index (χ0v) is 34.7. The highest BCUT2D eigenvalue weighted by Crippen LogP contribution is 2.32. The number of aromatic nitrogens is 2. The Labute approximate surface area is 366 Å². The molecule has 0 bridgehead atoms. The molecule has 1 unspecified atom stereocenters. The number of piperidine rings is 2. The number of hydrogen-bond acceptors (Lipinski definition) is 11. The summed E-state index contributed by atoms with van der Waals surface area (Å²) in [6, 6.07) is 21.2. The molecule has 5 N–H and O–H groups in total. The molecule has 332 valence electrons. The molecule has 0 aliphatic carbocycles. The highest BCUT2D eigenvalue weighted by Gasteiger charge is 2.31. The van der Waals surface area contributed by atoms with Gasteiger partial charge in [0.25, 0.3) is 11.8 Å². The summed E-state index contributed by atoms with van der Waals surface area (Å²) in [5, 5.41) is 12.7. The first-order valence-electron chi connectivity index (χ1n) is 21.1. The molecule has 4 amide bonds. The van der Waals surface area contributed by atoms with E-state index in [1.807, 2.05) is 5.01 Å². The number of piperazine rings is 1. The monoisotopic (exact) mass is 878 g/mol. The van der Waals surface area contributed by atoms with Crippen LogP contribution in [0.3, 0.4) is 0 Å². The SMILES string of the molecule is O=C1CCC(c2cc(F)c(N3CCN(CCC4CCN(NC(=O)c5ccc(Nc6ncc(F)c(Nc7ccc(NC(=O)c8ccccc8F)cc7)n6)cc5)CC4)CC3)c(F)c2)C(=O)N1. The average molecular weight is 879 g/mol. The van der Waals surface area contributed by atoms with Gasteiger partial charge >= 0.3 is 0 Å². The van der Waals surface area contributed by atoms with Crippen LogP contribution in [0.5, 0.6) is 0 Å². The number of anilines is 6. The van der Waals surface area contributed by atoms with E-state index in [1.165, 1.54) is 30.3 Å². The number of nitrogens with one attached hydrogen (secondary N) is 5. The van der Waals surface area contributed by atoms with Gasteiger partial charge in [-0.15, -0.1) is 0 Å². The van der Waals surface area contributed by atoms with Gasteiger partial charge in [-0.1, -0.05) is 12.1 Å². The van der Waals surface area contributed by atoms with Gasteiger partial charge in [-0.2, -0.15) is 4.98 Å². The fourth-order valence-electron chi connectivity index (χ4n) is 8.17. The lowest BCUT2D eigenvalue weighted by Crippen LogP contribution is -2.48. The van der Waals surface area contributed by atoms with Crippen LogP contribution in [-0.2, 0) is 9.59 Å². The second-order valence-corrected chi connectivity index (χ2v) is 16.1. The van der Waals surface area contributed by atoms with Crippen LogP contribution in [0.4, 0.5) is 52.1 Å². The smallest absolute Gasteiger partial charge is 0.265 e. The Balaban J connectivity index is 0.748. The summed E-state index contributed by atoms with van der Waals surface area (Å²) in [5.74, 6) is -4.77. The Morgan fingerprint density at radius 3 is 2.06 bits per heavy atom. The van der Waals surface area contributed by atoms with Gasteiger partial charge in [0.05, 0.1) is 17.7 Å². The number of amides is 4. The molecule has 1 atom stereocenters. The van der Waals surface area contributed by atoms with Gasteiger partial charge in [0, 0.05) is 68.3 Å². The van der Waals surface area contributed by atoms with Crippen molar-refractivity contribution in [1.29, 1.82) is 0 Å². The zero-order valence-electron chi connectivity index (χ0n) is 34.7. The van der Waals surface area contributed by atoms with E-state index in [9.17, 15) is 28.0 Å². The minimum absolute atomic E-state index is 0.0860. The topological polar surface area (TPSA) is 164 Å². The Bertz CT molecular complexity index is 2490. The fraction of sp³-hybridized carbons (Fsp3) is 0.304. The number of imide groups is 1. The Kier molecular flexibility index (Phi) is 13.4. The number of rotatable bonds is 13. The van der Waals surface area contributed by atoms with Crippen molar-refractivity contribution in [2.24, 2.45) is 5.92 Å². The summed E-state index contributed by atoms with van der Waals surface area (Å²) in [7, 11) is 0. The van der Waals surface area contributed by atoms with Crippen LogP contribution in [0.2, 0.25) is 0 Å². The van der Waals surface area contributed by atoms with Crippen molar-refractivity contribution < 1.29 is 36.7 Å². The van der Waals surface area contributed by atoms with E-state index in [-0.39, 0.29) is 53.2 Å². The fourth-order valence-corrected chi connectivity index (χ4v) is 8.17. The molecule has 4 heterocycles. The summed E-state index contributed by atoms with van der Waals surface area (Å²) in [4.78, 5) is 61.6. The van der Waals surface area contributed by atoms with Crippen LogP contribution in [0.25, 0.3) is 0 Å². The molecule has 3 fully saturated rings. The number of nitrogens with zero attached hydrogens (tertiary/aromatic N) is 5. The number of carbonyl (C=O) groups is 4. The van der Waals surface area contributed by atoms with Crippen LogP contribution in [-0.4, -0.2) is 89.3 Å². The van der Waals surface area contributed by atoms with Gasteiger partial charge < -0.3 is 20.9 Å². The van der Waals surface area contributed by atoms with E-state index in [4.69, 9.17) is 0 Å². The lowest BCUT2D eigenvalue weighted by Gasteiger charge is -2.38. The lowest BCUT2D eigenvalue weighted by molar-refractivity contribution is -0.134. The first-order chi connectivity index (χ1) is 30.9. The van der Waals surface area contributed by atoms with Gasteiger partial charge in [-0.25, -0.2) is 27.6 Å². The maximum atomic E-state index is 15.2. The maximum Gasteiger partial charge on any atom is 0.265 e. The van der Waals surface area contributed by atoms with Gasteiger partial charge in [-0.05, 0) is 117 Å². The number of hydrazine groups is 1. The van der Waals surface area contributed by atoms with E-state index in [0.29, 0.717) is 67.8 Å². The minimum atomic E-state index is -0.758. The van der Waals surface area contributed by atoms with E-state index >= 15 is 8.78 Å². The highest BCUT2D eigenvalue weighted by molar-refractivity contribution is 6.04. The van der Waals surface area contributed by atoms with E-state index in [0.717, 1.165) is 32.0 Å². The molecule has 3 aliphatic rings. The third-order valence-corrected chi connectivity index (χ3v) is 11.8. The van der Waals surface area contributed by atoms with Crippen molar-refractivity contribution in [3.05, 3.63) is 131 Å². The molecule has 18 heteroatoms. The number of benzene rings is 4. The van der Waals surface area contributed by atoms with Crippen molar-refractivity contribution in [2.75, 3.05) is 66.7 Å². The van der Waals surface area contributed by atoms with Crippen molar-refractivity contribution in [1.82, 2.24) is 30.6 Å². The molecule has 0 saturated carbocycles. The third kappa shape index (κ3) is 10.6. The Morgan fingerprint density at radius 2 is 1.38 bits per heavy atom. The molecule has 5 aromatic rings. The standard InChI is InChI=1S/C46H46F4N10O4/c47-36-4-2-1-3-35(36)45(64)53-32-11-9-31(10-12-32)52-42-39(50)27-51-46(56-42)54-33-7-5-29(6-8-33)43(62)57-60-19-16-28(17-20-60)15-18-58-21-23-59(24-22-58)41-37(48)25-30(26-38(41)49)34-13-14-40(61)55-44(34)63/h1-12,25-28,34H,13-24H2,(H,53,64)(H,57,62)(H,55,61,63)(H2,51,52,54,56). The number of carbonyl (C=O) groups excluding carboxylic acids is 4. The number of hydrogen-bond donors (Lipinski definition) is 5. The molecule has 0 spiro atoms. The van der Waals surface area contributed by atoms with Gasteiger partial charge in [-0.3, -0.25) is 34.8 Å². The van der Waals surface area contributed by atoms with Crippen molar-refractivity contribution in [2.45, 2.75) is 38.0 Å².